The van der Waals surface area contributed by atoms with Crippen molar-refractivity contribution in [2.24, 2.45) is 0 Å². The van der Waals surface area contributed by atoms with E-state index in [0.717, 1.165) is 18.8 Å². The van der Waals surface area contributed by atoms with Gasteiger partial charge in [-0.3, -0.25) is 4.79 Å². The van der Waals surface area contributed by atoms with Crippen molar-refractivity contribution in [2.45, 2.75) is 18.2 Å². The van der Waals surface area contributed by atoms with E-state index in [9.17, 15) is 4.79 Å². The predicted molar refractivity (Wildman–Crippen MR) is 73.3 cm³/mol. The molecule has 0 aliphatic heterocycles. The topological polar surface area (TPSA) is 41.1 Å². The van der Waals surface area contributed by atoms with Gasteiger partial charge in [-0.1, -0.05) is 18.2 Å². The quantitative estimate of drug-likeness (QED) is 0.548. The lowest BCUT2D eigenvalue weighted by atomic mass is 10.4. The third-order valence-electron chi connectivity index (χ3n) is 2.19. The minimum Gasteiger partial charge on any atom is -0.356 e. The molecule has 0 aliphatic carbocycles. The fourth-order valence-electron chi connectivity index (χ4n) is 1.37. The van der Waals surface area contributed by atoms with E-state index in [-0.39, 0.29) is 5.91 Å². The zero-order valence-corrected chi connectivity index (χ0v) is 11.1. The second-order valence-corrected chi connectivity index (χ2v) is 4.78. The molecule has 0 spiro atoms. The number of hydrogen-bond acceptors (Lipinski definition) is 3. The molecule has 1 aromatic rings. The Balaban J connectivity index is 1.96. The van der Waals surface area contributed by atoms with Gasteiger partial charge in [-0.05, 0) is 19.1 Å². The summed E-state index contributed by atoms with van der Waals surface area (Å²) in [6, 6.07) is 10.3. The van der Waals surface area contributed by atoms with E-state index in [0.29, 0.717) is 13.0 Å². The molecule has 0 unspecified atom stereocenters. The maximum atomic E-state index is 11.1. The summed E-state index contributed by atoms with van der Waals surface area (Å²) in [6.07, 6.45) is 0.559. The molecule has 1 rings (SSSR count). The average Bonchev–Trinajstić information content (AvgIpc) is 2.35. The van der Waals surface area contributed by atoms with Gasteiger partial charge >= 0.3 is 0 Å². The average molecular weight is 252 g/mol. The van der Waals surface area contributed by atoms with E-state index in [1.807, 2.05) is 36.9 Å². The van der Waals surface area contributed by atoms with Crippen molar-refractivity contribution in [1.82, 2.24) is 10.6 Å². The van der Waals surface area contributed by atoms with Gasteiger partial charge in [-0.2, -0.15) is 0 Å². The largest absolute Gasteiger partial charge is 0.356 e. The molecule has 0 fully saturated rings. The standard InChI is InChI=1S/C13H20N2OS/c1-2-15-13(16)8-9-14-10-11-17-12-6-4-3-5-7-12/h3-7,14H,2,8-11H2,1H3,(H,15,16). The monoisotopic (exact) mass is 252 g/mol. The van der Waals surface area contributed by atoms with Crippen LogP contribution in [0.3, 0.4) is 0 Å². The highest BCUT2D eigenvalue weighted by Crippen LogP contribution is 2.15. The van der Waals surface area contributed by atoms with Gasteiger partial charge in [0.25, 0.3) is 0 Å². The third kappa shape index (κ3) is 7.02. The van der Waals surface area contributed by atoms with E-state index in [4.69, 9.17) is 0 Å². The van der Waals surface area contributed by atoms with E-state index >= 15 is 0 Å². The highest BCUT2D eigenvalue weighted by Gasteiger charge is 1.98. The van der Waals surface area contributed by atoms with Crippen molar-refractivity contribution in [2.75, 3.05) is 25.4 Å². The number of rotatable bonds is 8. The highest BCUT2D eigenvalue weighted by atomic mass is 32.2. The number of nitrogens with one attached hydrogen (secondary N) is 2. The van der Waals surface area contributed by atoms with Gasteiger partial charge < -0.3 is 10.6 Å². The van der Waals surface area contributed by atoms with Gasteiger partial charge in [0.2, 0.25) is 5.91 Å². The first-order valence-corrected chi connectivity index (χ1v) is 6.96. The van der Waals surface area contributed by atoms with Crippen molar-refractivity contribution in [3.63, 3.8) is 0 Å². The number of amides is 1. The number of carbonyl (C=O) groups is 1. The van der Waals surface area contributed by atoms with Gasteiger partial charge in [0.05, 0.1) is 0 Å². The summed E-state index contributed by atoms with van der Waals surface area (Å²) < 4.78 is 0. The number of hydrogen-bond donors (Lipinski definition) is 2. The summed E-state index contributed by atoms with van der Waals surface area (Å²) in [7, 11) is 0. The Hall–Kier alpha value is -1.00. The fraction of sp³-hybridized carbons (Fsp3) is 0.462. The van der Waals surface area contributed by atoms with Crippen molar-refractivity contribution >= 4 is 17.7 Å². The molecule has 0 saturated carbocycles. The van der Waals surface area contributed by atoms with Crippen LogP contribution in [-0.4, -0.2) is 31.3 Å². The maximum Gasteiger partial charge on any atom is 0.221 e. The zero-order chi connectivity index (χ0) is 12.3. The number of benzene rings is 1. The van der Waals surface area contributed by atoms with Gasteiger partial charge in [-0.15, -0.1) is 11.8 Å². The van der Waals surface area contributed by atoms with Crippen LogP contribution in [0.15, 0.2) is 35.2 Å². The van der Waals surface area contributed by atoms with Crippen molar-refractivity contribution in [3.05, 3.63) is 30.3 Å². The minimum atomic E-state index is 0.121. The van der Waals surface area contributed by atoms with Gasteiger partial charge in [0.1, 0.15) is 0 Å². The van der Waals surface area contributed by atoms with Gasteiger partial charge in [-0.25, -0.2) is 0 Å². The first-order valence-electron chi connectivity index (χ1n) is 5.98. The molecule has 3 nitrogen and oxygen atoms in total. The van der Waals surface area contributed by atoms with E-state index in [2.05, 4.69) is 22.8 Å². The molecule has 0 aliphatic rings. The predicted octanol–water partition coefficient (Wildman–Crippen LogP) is 1.89. The molecule has 4 heteroatoms. The minimum absolute atomic E-state index is 0.121. The molecule has 2 N–H and O–H groups in total. The Bertz CT molecular complexity index is 316. The summed E-state index contributed by atoms with van der Waals surface area (Å²) in [5, 5.41) is 6.04. The highest BCUT2D eigenvalue weighted by molar-refractivity contribution is 7.99. The van der Waals surface area contributed by atoms with Crippen LogP contribution in [0.2, 0.25) is 0 Å². The zero-order valence-electron chi connectivity index (χ0n) is 10.2. The Morgan fingerprint density at radius 3 is 2.71 bits per heavy atom. The smallest absolute Gasteiger partial charge is 0.221 e. The van der Waals surface area contributed by atoms with Gasteiger partial charge in [0.15, 0.2) is 0 Å². The summed E-state index contributed by atoms with van der Waals surface area (Å²) >= 11 is 1.83. The molecular weight excluding hydrogens is 232 g/mol. The lowest BCUT2D eigenvalue weighted by Crippen LogP contribution is -2.28. The Labute approximate surface area is 107 Å². The molecule has 0 bridgehead atoms. The lowest BCUT2D eigenvalue weighted by Gasteiger charge is -2.05. The molecule has 0 heterocycles. The molecule has 0 aromatic heterocycles. The van der Waals surface area contributed by atoms with Crippen LogP contribution in [-0.2, 0) is 4.79 Å². The second kappa shape index (κ2) is 9.07. The maximum absolute atomic E-state index is 11.1. The van der Waals surface area contributed by atoms with Crippen LogP contribution in [0.1, 0.15) is 13.3 Å². The second-order valence-electron chi connectivity index (χ2n) is 3.62. The first kappa shape index (κ1) is 14.1. The van der Waals surface area contributed by atoms with E-state index < -0.39 is 0 Å². The van der Waals surface area contributed by atoms with Crippen molar-refractivity contribution in [1.29, 1.82) is 0 Å². The number of carbonyl (C=O) groups excluding carboxylic acids is 1. The molecule has 1 aromatic carbocycles. The first-order chi connectivity index (χ1) is 8.33. The van der Waals surface area contributed by atoms with Crippen LogP contribution in [0.4, 0.5) is 0 Å². The third-order valence-corrected chi connectivity index (χ3v) is 3.21. The molecule has 0 saturated heterocycles. The van der Waals surface area contributed by atoms with Crippen LogP contribution >= 0.6 is 11.8 Å². The Morgan fingerprint density at radius 2 is 2.00 bits per heavy atom. The Morgan fingerprint density at radius 1 is 1.24 bits per heavy atom. The van der Waals surface area contributed by atoms with E-state index in [1.165, 1.54) is 4.90 Å². The molecule has 0 atom stereocenters. The van der Waals surface area contributed by atoms with Crippen molar-refractivity contribution < 1.29 is 4.79 Å². The Kier molecular flexibility index (Phi) is 7.51. The fourth-order valence-corrected chi connectivity index (χ4v) is 2.20. The van der Waals surface area contributed by atoms with Gasteiger partial charge in [0, 0.05) is 36.7 Å². The van der Waals surface area contributed by atoms with Crippen LogP contribution in [0, 0.1) is 0 Å². The SMILES string of the molecule is CCNC(=O)CCNCCSc1ccccc1. The molecule has 1 amide bonds. The summed E-state index contributed by atoms with van der Waals surface area (Å²) in [5.74, 6) is 1.15. The summed E-state index contributed by atoms with van der Waals surface area (Å²) in [5.41, 5.74) is 0. The van der Waals surface area contributed by atoms with Crippen molar-refractivity contribution in [3.8, 4) is 0 Å². The lowest BCUT2D eigenvalue weighted by molar-refractivity contribution is -0.120. The van der Waals surface area contributed by atoms with Crippen LogP contribution < -0.4 is 10.6 Å². The van der Waals surface area contributed by atoms with Crippen LogP contribution in [0.5, 0.6) is 0 Å². The molecule has 0 radical (unpaired) electrons. The molecular formula is C13H20N2OS. The van der Waals surface area contributed by atoms with E-state index in [1.54, 1.807) is 0 Å². The number of thioether (sulfide) groups is 1. The summed E-state index contributed by atoms with van der Waals surface area (Å²) in [6.45, 7) is 4.32. The normalized spacial score (nSPS) is 10.2. The summed E-state index contributed by atoms with van der Waals surface area (Å²) in [4.78, 5) is 12.4. The molecule has 17 heavy (non-hydrogen) atoms. The van der Waals surface area contributed by atoms with Crippen LogP contribution in [0.25, 0.3) is 0 Å². The molecule has 94 valence electrons.